The lowest BCUT2D eigenvalue weighted by Crippen LogP contribution is -2.50. The molecule has 0 bridgehead atoms. The summed E-state index contributed by atoms with van der Waals surface area (Å²) in [7, 11) is 0. The monoisotopic (exact) mass is 410 g/mol. The number of alkyl halides is 6. The highest BCUT2D eigenvalue weighted by Gasteiger charge is 2.35. The van der Waals surface area contributed by atoms with E-state index in [0.717, 1.165) is 18.2 Å². The quantitative estimate of drug-likeness (QED) is 0.525. The van der Waals surface area contributed by atoms with Crippen molar-refractivity contribution in [2.24, 2.45) is 5.92 Å². The standard InChI is InChI=1S/C13H13Cl4F3N2O/c1-6(2)10(23)22-11(12(15,16)17)21-9-4-3-7(5-8(9)14)13(18,19)20/h3-6,11,21H,1-2H3,(H,22,23). The van der Waals surface area contributed by atoms with Gasteiger partial charge in [-0.25, -0.2) is 0 Å². The number of carbonyl (C=O) groups excluding carboxylic acids is 1. The van der Waals surface area contributed by atoms with E-state index < -0.39 is 27.6 Å². The summed E-state index contributed by atoms with van der Waals surface area (Å²) in [6.45, 7) is 3.27. The maximum absolute atomic E-state index is 12.6. The Balaban J connectivity index is 3.03. The van der Waals surface area contributed by atoms with E-state index >= 15 is 0 Å². The van der Waals surface area contributed by atoms with Crippen molar-refractivity contribution in [1.82, 2.24) is 5.32 Å². The molecule has 0 heterocycles. The molecule has 1 aromatic rings. The van der Waals surface area contributed by atoms with Gasteiger partial charge in [0.2, 0.25) is 9.70 Å². The number of amides is 1. The van der Waals surface area contributed by atoms with Crippen molar-refractivity contribution in [1.29, 1.82) is 0 Å². The van der Waals surface area contributed by atoms with Gasteiger partial charge in [0, 0.05) is 5.92 Å². The van der Waals surface area contributed by atoms with E-state index in [9.17, 15) is 18.0 Å². The van der Waals surface area contributed by atoms with Crippen LogP contribution in [0.1, 0.15) is 19.4 Å². The predicted octanol–water partition coefficient (Wildman–Crippen LogP) is 5.24. The Hall–Kier alpha value is -0.560. The van der Waals surface area contributed by atoms with Gasteiger partial charge in [0.1, 0.15) is 6.17 Å². The van der Waals surface area contributed by atoms with Crippen LogP contribution in [0.2, 0.25) is 5.02 Å². The van der Waals surface area contributed by atoms with Gasteiger partial charge in [-0.3, -0.25) is 4.79 Å². The Morgan fingerprint density at radius 1 is 1.17 bits per heavy atom. The van der Waals surface area contributed by atoms with E-state index in [1.165, 1.54) is 0 Å². The van der Waals surface area contributed by atoms with Crippen LogP contribution in [-0.4, -0.2) is 15.9 Å². The third-order valence-corrected chi connectivity index (χ3v) is 3.70. The summed E-state index contributed by atoms with van der Waals surface area (Å²) in [5, 5.41) is 4.85. The molecule has 1 rings (SSSR count). The lowest BCUT2D eigenvalue weighted by molar-refractivity contribution is -0.137. The first-order valence-electron chi connectivity index (χ1n) is 6.32. The van der Waals surface area contributed by atoms with Gasteiger partial charge in [0.15, 0.2) is 0 Å². The fourth-order valence-electron chi connectivity index (χ4n) is 1.47. The lowest BCUT2D eigenvalue weighted by atomic mass is 10.2. The zero-order valence-electron chi connectivity index (χ0n) is 11.9. The minimum absolute atomic E-state index is 0.0834. The van der Waals surface area contributed by atoms with Crippen molar-refractivity contribution in [3.63, 3.8) is 0 Å². The molecule has 0 radical (unpaired) electrons. The molecular formula is C13H13Cl4F3N2O. The van der Waals surface area contributed by atoms with Crippen LogP contribution in [0.25, 0.3) is 0 Å². The van der Waals surface area contributed by atoms with Gasteiger partial charge in [-0.05, 0) is 18.2 Å². The summed E-state index contributed by atoms with van der Waals surface area (Å²) < 4.78 is 35.9. The van der Waals surface area contributed by atoms with Gasteiger partial charge >= 0.3 is 6.18 Å². The van der Waals surface area contributed by atoms with Crippen molar-refractivity contribution >= 4 is 58.0 Å². The zero-order chi connectivity index (χ0) is 18.0. The number of halogens is 7. The molecule has 0 fully saturated rings. The molecule has 0 saturated heterocycles. The number of carbonyl (C=O) groups is 1. The first-order valence-corrected chi connectivity index (χ1v) is 7.84. The summed E-state index contributed by atoms with van der Waals surface area (Å²) >= 11 is 23.2. The van der Waals surface area contributed by atoms with E-state index in [-0.39, 0.29) is 16.6 Å². The lowest BCUT2D eigenvalue weighted by Gasteiger charge is -2.28. The maximum atomic E-state index is 12.6. The SMILES string of the molecule is CC(C)C(=O)NC(Nc1ccc(C(F)(F)F)cc1Cl)C(Cl)(Cl)Cl. The van der Waals surface area contributed by atoms with Gasteiger partial charge in [0.25, 0.3) is 0 Å². The average Bonchev–Trinajstić information content (AvgIpc) is 2.37. The molecule has 2 N–H and O–H groups in total. The number of nitrogens with one attached hydrogen (secondary N) is 2. The van der Waals surface area contributed by atoms with E-state index in [1.807, 2.05) is 0 Å². The summed E-state index contributed by atoms with van der Waals surface area (Å²) in [4.78, 5) is 11.8. The molecule has 1 atom stereocenters. The van der Waals surface area contributed by atoms with Crippen molar-refractivity contribution in [3.05, 3.63) is 28.8 Å². The number of hydrogen-bond donors (Lipinski definition) is 2. The molecule has 0 spiro atoms. The van der Waals surface area contributed by atoms with Crippen molar-refractivity contribution < 1.29 is 18.0 Å². The van der Waals surface area contributed by atoms with Crippen LogP contribution in [-0.2, 0) is 11.0 Å². The Labute approximate surface area is 151 Å². The van der Waals surface area contributed by atoms with Gasteiger partial charge in [0.05, 0.1) is 16.3 Å². The zero-order valence-corrected chi connectivity index (χ0v) is 15.0. The third-order valence-electron chi connectivity index (χ3n) is 2.73. The van der Waals surface area contributed by atoms with Crippen molar-refractivity contribution in [2.45, 2.75) is 30.0 Å². The summed E-state index contributed by atoms with van der Waals surface area (Å²) in [6.07, 6.45) is -5.71. The molecule has 0 saturated carbocycles. The first-order chi connectivity index (χ1) is 10.3. The van der Waals surface area contributed by atoms with E-state index in [2.05, 4.69) is 10.6 Å². The van der Waals surface area contributed by atoms with Crippen LogP contribution >= 0.6 is 46.4 Å². The van der Waals surface area contributed by atoms with E-state index in [1.54, 1.807) is 13.8 Å². The number of anilines is 1. The summed E-state index contributed by atoms with van der Waals surface area (Å²) in [6, 6.07) is 2.66. The van der Waals surface area contributed by atoms with Crippen LogP contribution in [0.4, 0.5) is 18.9 Å². The molecule has 23 heavy (non-hydrogen) atoms. The Kier molecular flexibility index (Phi) is 6.73. The number of rotatable bonds is 4. The van der Waals surface area contributed by atoms with Gasteiger partial charge in [-0.15, -0.1) is 0 Å². The molecule has 1 amide bonds. The van der Waals surface area contributed by atoms with Crippen LogP contribution in [0.5, 0.6) is 0 Å². The van der Waals surface area contributed by atoms with Gasteiger partial charge < -0.3 is 10.6 Å². The van der Waals surface area contributed by atoms with Crippen LogP contribution in [0, 0.1) is 5.92 Å². The van der Waals surface area contributed by atoms with E-state index in [4.69, 9.17) is 46.4 Å². The van der Waals surface area contributed by atoms with Crippen LogP contribution in [0.15, 0.2) is 18.2 Å². The fourth-order valence-corrected chi connectivity index (χ4v) is 2.04. The predicted molar refractivity (Wildman–Crippen MR) is 87.1 cm³/mol. The molecule has 0 aliphatic heterocycles. The minimum Gasteiger partial charge on any atom is -0.361 e. The van der Waals surface area contributed by atoms with Crippen LogP contribution in [0.3, 0.4) is 0 Å². The second-order valence-electron chi connectivity index (χ2n) is 4.97. The molecule has 1 aromatic carbocycles. The molecule has 130 valence electrons. The second-order valence-corrected chi connectivity index (χ2v) is 7.75. The average molecular weight is 412 g/mol. The second kappa shape index (κ2) is 7.55. The third kappa shape index (κ3) is 6.10. The Morgan fingerprint density at radius 2 is 1.74 bits per heavy atom. The highest BCUT2D eigenvalue weighted by atomic mass is 35.6. The van der Waals surface area contributed by atoms with Gasteiger partial charge in [-0.2, -0.15) is 13.2 Å². The van der Waals surface area contributed by atoms with Crippen molar-refractivity contribution in [3.8, 4) is 0 Å². The topological polar surface area (TPSA) is 41.1 Å². The molecule has 1 unspecified atom stereocenters. The normalized spacial score (nSPS) is 13.8. The molecule has 0 aliphatic carbocycles. The molecular weight excluding hydrogens is 399 g/mol. The fraction of sp³-hybridized carbons (Fsp3) is 0.462. The number of benzene rings is 1. The summed E-state index contributed by atoms with van der Waals surface area (Å²) in [5.41, 5.74) is -0.829. The smallest absolute Gasteiger partial charge is 0.361 e. The molecule has 0 aromatic heterocycles. The number of hydrogen-bond acceptors (Lipinski definition) is 2. The van der Waals surface area contributed by atoms with Crippen molar-refractivity contribution in [2.75, 3.05) is 5.32 Å². The largest absolute Gasteiger partial charge is 0.416 e. The van der Waals surface area contributed by atoms with Crippen LogP contribution < -0.4 is 10.6 Å². The Morgan fingerprint density at radius 3 is 2.13 bits per heavy atom. The highest BCUT2D eigenvalue weighted by Crippen LogP contribution is 2.36. The molecule has 0 aliphatic rings. The highest BCUT2D eigenvalue weighted by molar-refractivity contribution is 6.68. The molecule has 3 nitrogen and oxygen atoms in total. The minimum atomic E-state index is -4.53. The van der Waals surface area contributed by atoms with Gasteiger partial charge in [-0.1, -0.05) is 60.3 Å². The maximum Gasteiger partial charge on any atom is 0.416 e. The summed E-state index contributed by atoms with van der Waals surface area (Å²) in [5.74, 6) is -0.786. The molecule has 10 heteroatoms. The Bertz CT molecular complexity index is 573. The van der Waals surface area contributed by atoms with E-state index in [0.29, 0.717) is 0 Å². The first kappa shape index (κ1) is 20.5.